The van der Waals surface area contributed by atoms with Gasteiger partial charge in [-0.05, 0) is 66.9 Å². The minimum absolute atomic E-state index is 0.0134. The van der Waals surface area contributed by atoms with Crippen LogP contribution in [-0.4, -0.2) is 43.8 Å². The Kier molecular flexibility index (Phi) is 12.4. The first-order valence-electron chi connectivity index (χ1n) is 14.5. The highest BCUT2D eigenvalue weighted by Crippen LogP contribution is 2.33. The summed E-state index contributed by atoms with van der Waals surface area (Å²) < 4.78 is 29.2. The fourth-order valence-corrected chi connectivity index (χ4v) is 7.09. The van der Waals surface area contributed by atoms with E-state index in [0.717, 1.165) is 9.87 Å². The summed E-state index contributed by atoms with van der Waals surface area (Å²) in [5.41, 5.74) is 1.34. The Morgan fingerprint density at radius 1 is 0.804 bits per heavy atom. The molecule has 7 nitrogen and oxygen atoms in total. The molecule has 2 atom stereocenters. The van der Waals surface area contributed by atoms with Crippen molar-refractivity contribution in [2.24, 2.45) is 0 Å². The number of benzene rings is 4. The molecule has 0 saturated heterocycles. The first-order chi connectivity index (χ1) is 21.9. The van der Waals surface area contributed by atoms with Gasteiger partial charge < -0.3 is 10.2 Å². The van der Waals surface area contributed by atoms with E-state index in [-0.39, 0.29) is 44.7 Å². The summed E-state index contributed by atoms with van der Waals surface area (Å²) in [7, 11) is -4.34. The number of amides is 2. The SMILES string of the molecule is CC[C@@H](C)NC(=O)[C@H](Cc1ccccc1)N(Cc1ccc(Cl)cc1Cl)C(=O)CN(c1cc(Cl)ccc1Cl)S(=O)(=O)c1ccccc1. The molecule has 12 heteroatoms. The van der Waals surface area contributed by atoms with Crippen LogP contribution in [0.3, 0.4) is 0 Å². The maximum absolute atomic E-state index is 14.6. The Balaban J connectivity index is 1.85. The summed E-state index contributed by atoms with van der Waals surface area (Å²) in [5.74, 6) is -1.06. The molecule has 0 spiro atoms. The lowest BCUT2D eigenvalue weighted by atomic mass is 10.0. The van der Waals surface area contributed by atoms with Crippen molar-refractivity contribution >= 4 is 73.9 Å². The largest absolute Gasteiger partial charge is 0.352 e. The minimum Gasteiger partial charge on any atom is -0.352 e. The van der Waals surface area contributed by atoms with Crippen LogP contribution in [0.25, 0.3) is 0 Å². The van der Waals surface area contributed by atoms with Crippen LogP contribution in [0, 0.1) is 0 Å². The third kappa shape index (κ3) is 8.96. The summed E-state index contributed by atoms with van der Waals surface area (Å²) in [4.78, 5) is 29.8. The van der Waals surface area contributed by atoms with Gasteiger partial charge in [0, 0.05) is 34.1 Å². The predicted molar refractivity (Wildman–Crippen MR) is 186 cm³/mol. The Hall–Kier alpha value is -3.27. The zero-order chi connectivity index (χ0) is 33.4. The summed E-state index contributed by atoms with van der Waals surface area (Å²) in [5, 5.41) is 3.98. The lowest BCUT2D eigenvalue weighted by molar-refractivity contribution is -0.140. The second-order valence-electron chi connectivity index (χ2n) is 10.7. The van der Waals surface area contributed by atoms with Gasteiger partial charge in [0.25, 0.3) is 10.0 Å². The van der Waals surface area contributed by atoms with E-state index in [1.54, 1.807) is 36.4 Å². The standard InChI is InChI=1S/C34H33Cl4N3O4S/c1-3-23(2)39-34(43)32(18-24-10-6-4-7-11-24)40(21-25-14-15-26(35)19-30(25)38)33(42)22-41(31-20-27(36)16-17-29(31)37)46(44,45)28-12-8-5-9-13-28/h4-17,19-20,23,32H,3,18,21-22H2,1-2H3,(H,39,43)/t23-,32+/m1/s1. The summed E-state index contributed by atoms with van der Waals surface area (Å²) in [6, 6.07) is 25.0. The van der Waals surface area contributed by atoms with Gasteiger partial charge in [0.2, 0.25) is 11.8 Å². The number of nitrogens with one attached hydrogen (secondary N) is 1. The third-order valence-electron chi connectivity index (χ3n) is 7.41. The van der Waals surface area contributed by atoms with E-state index in [9.17, 15) is 18.0 Å². The molecule has 0 radical (unpaired) electrons. The molecule has 4 rings (SSSR count). The topological polar surface area (TPSA) is 86.8 Å². The lowest BCUT2D eigenvalue weighted by Gasteiger charge is -2.34. The zero-order valence-corrected chi connectivity index (χ0v) is 29.0. The lowest BCUT2D eigenvalue weighted by Crippen LogP contribution is -2.54. The highest BCUT2D eigenvalue weighted by molar-refractivity contribution is 7.92. The molecule has 0 saturated carbocycles. The van der Waals surface area contributed by atoms with Crippen molar-refractivity contribution in [1.82, 2.24) is 10.2 Å². The van der Waals surface area contributed by atoms with Gasteiger partial charge >= 0.3 is 0 Å². The van der Waals surface area contributed by atoms with Crippen LogP contribution in [0.5, 0.6) is 0 Å². The highest BCUT2D eigenvalue weighted by Gasteiger charge is 2.36. The van der Waals surface area contributed by atoms with Crippen LogP contribution in [0.2, 0.25) is 20.1 Å². The molecule has 4 aromatic carbocycles. The van der Waals surface area contributed by atoms with E-state index in [2.05, 4.69) is 5.32 Å². The van der Waals surface area contributed by atoms with Gasteiger partial charge in [-0.25, -0.2) is 8.42 Å². The van der Waals surface area contributed by atoms with Crippen molar-refractivity contribution in [2.45, 2.75) is 50.2 Å². The van der Waals surface area contributed by atoms with Crippen LogP contribution in [0.4, 0.5) is 5.69 Å². The zero-order valence-electron chi connectivity index (χ0n) is 25.2. The molecular formula is C34H33Cl4N3O4S. The molecule has 0 aliphatic carbocycles. The number of nitrogens with zero attached hydrogens (tertiary/aromatic N) is 2. The van der Waals surface area contributed by atoms with Crippen LogP contribution in [-0.2, 0) is 32.6 Å². The Morgan fingerprint density at radius 3 is 2.04 bits per heavy atom. The molecule has 0 heterocycles. The van der Waals surface area contributed by atoms with E-state index < -0.39 is 34.4 Å². The quantitative estimate of drug-likeness (QED) is 0.152. The molecule has 0 fully saturated rings. The Bertz CT molecular complexity index is 1780. The highest BCUT2D eigenvalue weighted by atomic mass is 35.5. The molecule has 0 aliphatic rings. The molecule has 4 aromatic rings. The van der Waals surface area contributed by atoms with Crippen molar-refractivity contribution in [2.75, 3.05) is 10.8 Å². The number of rotatable bonds is 13. The smallest absolute Gasteiger partial charge is 0.264 e. The molecular weight excluding hydrogens is 688 g/mol. The maximum atomic E-state index is 14.6. The van der Waals surface area contributed by atoms with Gasteiger partial charge in [0.05, 0.1) is 15.6 Å². The second kappa shape index (κ2) is 16.0. The number of carbonyl (C=O) groups is 2. The Morgan fingerprint density at radius 2 is 1.41 bits per heavy atom. The van der Waals surface area contributed by atoms with E-state index in [0.29, 0.717) is 17.0 Å². The number of carbonyl (C=O) groups excluding carboxylic acids is 2. The monoisotopic (exact) mass is 719 g/mol. The number of anilines is 1. The van der Waals surface area contributed by atoms with E-state index in [1.165, 1.54) is 35.2 Å². The molecule has 2 amide bonds. The van der Waals surface area contributed by atoms with Gasteiger partial charge in [0.1, 0.15) is 12.6 Å². The van der Waals surface area contributed by atoms with E-state index in [4.69, 9.17) is 46.4 Å². The second-order valence-corrected chi connectivity index (χ2v) is 14.3. The van der Waals surface area contributed by atoms with Gasteiger partial charge in [-0.3, -0.25) is 13.9 Å². The molecule has 0 bridgehead atoms. The van der Waals surface area contributed by atoms with Crippen LogP contribution in [0.1, 0.15) is 31.4 Å². The predicted octanol–water partition coefficient (Wildman–Crippen LogP) is 8.05. The van der Waals surface area contributed by atoms with Crippen molar-refractivity contribution < 1.29 is 18.0 Å². The minimum atomic E-state index is -4.34. The van der Waals surface area contributed by atoms with Crippen LogP contribution in [0.15, 0.2) is 102 Å². The van der Waals surface area contributed by atoms with E-state index >= 15 is 0 Å². The first-order valence-corrected chi connectivity index (χ1v) is 17.5. The summed E-state index contributed by atoms with van der Waals surface area (Å²) in [6.07, 6.45) is 0.820. The normalized spacial score (nSPS) is 12.7. The number of sulfonamides is 1. The third-order valence-corrected chi connectivity index (χ3v) is 10.3. The van der Waals surface area contributed by atoms with Gasteiger partial charge in [-0.2, -0.15) is 0 Å². The fraction of sp³-hybridized carbons (Fsp3) is 0.235. The van der Waals surface area contributed by atoms with Crippen LogP contribution >= 0.6 is 46.4 Å². The average molecular weight is 722 g/mol. The molecule has 0 aliphatic heterocycles. The number of halogens is 4. The number of hydrogen-bond acceptors (Lipinski definition) is 4. The molecule has 1 N–H and O–H groups in total. The molecule has 242 valence electrons. The van der Waals surface area contributed by atoms with Gasteiger partial charge in [-0.1, -0.05) is 108 Å². The first kappa shape index (κ1) is 35.6. The van der Waals surface area contributed by atoms with Crippen molar-refractivity contribution in [3.63, 3.8) is 0 Å². The molecule has 0 unspecified atom stereocenters. The van der Waals surface area contributed by atoms with E-state index in [1.807, 2.05) is 44.2 Å². The summed E-state index contributed by atoms with van der Waals surface area (Å²) in [6.45, 7) is 3.01. The van der Waals surface area contributed by atoms with Gasteiger partial charge in [-0.15, -0.1) is 0 Å². The molecule has 46 heavy (non-hydrogen) atoms. The number of hydrogen-bond donors (Lipinski definition) is 1. The maximum Gasteiger partial charge on any atom is 0.264 e. The van der Waals surface area contributed by atoms with Crippen molar-refractivity contribution in [3.05, 3.63) is 128 Å². The average Bonchev–Trinajstić information content (AvgIpc) is 3.04. The summed E-state index contributed by atoms with van der Waals surface area (Å²) >= 11 is 25.5. The Labute approximate surface area is 290 Å². The van der Waals surface area contributed by atoms with Gasteiger partial charge in [0.15, 0.2) is 0 Å². The van der Waals surface area contributed by atoms with Crippen molar-refractivity contribution in [1.29, 1.82) is 0 Å². The fourth-order valence-electron chi connectivity index (χ4n) is 4.74. The van der Waals surface area contributed by atoms with Crippen molar-refractivity contribution in [3.8, 4) is 0 Å². The molecule has 0 aromatic heterocycles. The van der Waals surface area contributed by atoms with Crippen LogP contribution < -0.4 is 9.62 Å².